The van der Waals surface area contributed by atoms with E-state index in [0.717, 1.165) is 16.7 Å². The van der Waals surface area contributed by atoms with Gasteiger partial charge in [0, 0.05) is 20.3 Å². The van der Waals surface area contributed by atoms with Gasteiger partial charge in [0.15, 0.2) is 5.43 Å². The van der Waals surface area contributed by atoms with Crippen molar-refractivity contribution >= 4 is 16.9 Å². The van der Waals surface area contributed by atoms with Crippen LogP contribution in [0.4, 0.5) is 0 Å². The minimum atomic E-state index is -0.526. The molecule has 31 heavy (non-hydrogen) atoms. The van der Waals surface area contributed by atoms with Crippen LogP contribution >= 0.6 is 0 Å². The van der Waals surface area contributed by atoms with Crippen LogP contribution in [-0.4, -0.2) is 37.7 Å². The van der Waals surface area contributed by atoms with E-state index in [2.05, 4.69) is 0 Å². The molecule has 0 N–H and O–H groups in total. The molecule has 0 spiro atoms. The Kier molecular flexibility index (Phi) is 5.83. The van der Waals surface area contributed by atoms with Crippen LogP contribution < -0.4 is 10.2 Å². The summed E-state index contributed by atoms with van der Waals surface area (Å²) >= 11 is 0. The fourth-order valence-electron chi connectivity index (χ4n) is 4.17. The Morgan fingerprint density at radius 3 is 2.61 bits per heavy atom. The summed E-state index contributed by atoms with van der Waals surface area (Å²) in [6.45, 7) is 7.35. The summed E-state index contributed by atoms with van der Waals surface area (Å²) in [6, 6.07) is 10.7. The molecule has 0 radical (unpaired) electrons. The molecule has 3 aromatic rings. The first-order chi connectivity index (χ1) is 15.0. The molecule has 6 heteroatoms. The maximum atomic E-state index is 13.6. The number of fused-ring (bicyclic) bond motifs is 2. The van der Waals surface area contributed by atoms with Gasteiger partial charge in [-0.25, -0.2) is 0 Å². The number of methoxy groups -OCH3 is 1. The van der Waals surface area contributed by atoms with Crippen molar-refractivity contribution in [2.75, 3.05) is 26.9 Å². The van der Waals surface area contributed by atoms with Crippen molar-refractivity contribution in [3.63, 3.8) is 0 Å². The number of aryl methyl sites for hydroxylation is 2. The van der Waals surface area contributed by atoms with E-state index in [4.69, 9.17) is 13.9 Å². The smallest absolute Gasteiger partial charge is 0.290 e. The first-order valence-electron chi connectivity index (χ1n) is 10.6. The first kappa shape index (κ1) is 21.1. The third kappa shape index (κ3) is 3.72. The quantitative estimate of drug-likeness (QED) is 0.529. The zero-order chi connectivity index (χ0) is 22.1. The van der Waals surface area contributed by atoms with Gasteiger partial charge in [0.1, 0.15) is 11.3 Å². The van der Waals surface area contributed by atoms with Crippen LogP contribution in [0.1, 0.15) is 52.2 Å². The predicted molar refractivity (Wildman–Crippen MR) is 119 cm³/mol. The Morgan fingerprint density at radius 1 is 1.10 bits per heavy atom. The number of benzene rings is 2. The highest BCUT2D eigenvalue weighted by atomic mass is 16.5. The molecule has 0 bridgehead atoms. The van der Waals surface area contributed by atoms with Gasteiger partial charge in [-0.05, 0) is 68.1 Å². The van der Waals surface area contributed by atoms with Crippen molar-refractivity contribution in [2.24, 2.45) is 0 Å². The Bertz CT molecular complexity index is 1200. The average Bonchev–Trinajstić information content (AvgIpc) is 3.03. The molecule has 1 atom stereocenters. The Balaban J connectivity index is 1.92. The third-order valence-corrected chi connectivity index (χ3v) is 5.81. The SMILES string of the molecule is CCOc1cccc(C2c3c(oc4cc(C)c(C)cc4c3=O)C(=O)N2CCCOC)c1. The maximum Gasteiger partial charge on any atom is 0.290 e. The van der Waals surface area contributed by atoms with Gasteiger partial charge in [-0.3, -0.25) is 9.59 Å². The van der Waals surface area contributed by atoms with Gasteiger partial charge in [0.2, 0.25) is 5.76 Å². The van der Waals surface area contributed by atoms with Crippen molar-refractivity contribution in [1.29, 1.82) is 0 Å². The van der Waals surface area contributed by atoms with Gasteiger partial charge in [-0.15, -0.1) is 0 Å². The van der Waals surface area contributed by atoms with Crippen molar-refractivity contribution in [2.45, 2.75) is 33.2 Å². The molecule has 1 unspecified atom stereocenters. The van der Waals surface area contributed by atoms with E-state index >= 15 is 0 Å². The number of hydrogen-bond donors (Lipinski definition) is 0. The summed E-state index contributed by atoms with van der Waals surface area (Å²) in [5.74, 6) is 0.564. The third-order valence-electron chi connectivity index (χ3n) is 5.81. The molecule has 6 nitrogen and oxygen atoms in total. The van der Waals surface area contributed by atoms with E-state index in [-0.39, 0.29) is 17.1 Å². The fourth-order valence-corrected chi connectivity index (χ4v) is 4.17. The lowest BCUT2D eigenvalue weighted by atomic mass is 9.97. The van der Waals surface area contributed by atoms with Crippen molar-refractivity contribution in [1.82, 2.24) is 4.90 Å². The van der Waals surface area contributed by atoms with E-state index < -0.39 is 6.04 Å². The van der Waals surface area contributed by atoms with Gasteiger partial charge < -0.3 is 18.8 Å². The molecule has 0 fully saturated rings. The van der Waals surface area contributed by atoms with Crippen LogP contribution in [0, 0.1) is 13.8 Å². The standard InChI is InChI=1S/C25H27NO5/c1-5-30-18-9-6-8-17(14-18)22-21-23(27)19-12-15(2)16(3)13-20(19)31-24(21)25(28)26(22)10-7-11-29-4/h6,8-9,12-14,22H,5,7,10-11H2,1-4H3. The fraction of sp³-hybridized carbons (Fsp3) is 0.360. The minimum absolute atomic E-state index is 0.130. The number of carbonyl (C=O) groups excluding carboxylic acids is 1. The normalized spacial score (nSPS) is 15.5. The number of hydrogen-bond acceptors (Lipinski definition) is 5. The van der Waals surface area contributed by atoms with Gasteiger partial charge >= 0.3 is 0 Å². The molecule has 2 heterocycles. The van der Waals surface area contributed by atoms with Crippen LogP contribution in [0.3, 0.4) is 0 Å². The lowest BCUT2D eigenvalue weighted by Crippen LogP contribution is -2.31. The van der Waals surface area contributed by atoms with E-state index in [1.807, 2.05) is 57.2 Å². The Labute approximate surface area is 181 Å². The second kappa shape index (κ2) is 8.55. The molecule has 162 valence electrons. The van der Waals surface area contributed by atoms with Crippen LogP contribution in [0.5, 0.6) is 5.75 Å². The molecule has 0 aliphatic carbocycles. The predicted octanol–water partition coefficient (Wildman–Crippen LogP) is 4.39. The van der Waals surface area contributed by atoms with Crippen LogP contribution in [-0.2, 0) is 4.74 Å². The molecule has 1 aliphatic heterocycles. The highest BCUT2D eigenvalue weighted by molar-refractivity contribution is 5.99. The zero-order valence-corrected chi connectivity index (χ0v) is 18.4. The van der Waals surface area contributed by atoms with Gasteiger partial charge in [-0.1, -0.05) is 12.1 Å². The van der Waals surface area contributed by atoms with E-state index in [0.29, 0.717) is 48.5 Å². The van der Waals surface area contributed by atoms with Gasteiger partial charge in [0.25, 0.3) is 5.91 Å². The van der Waals surface area contributed by atoms with Crippen molar-refractivity contribution in [3.8, 4) is 5.75 Å². The molecular weight excluding hydrogens is 394 g/mol. The molecule has 2 aromatic carbocycles. The number of amides is 1. The number of ether oxygens (including phenoxy) is 2. The van der Waals surface area contributed by atoms with Crippen LogP contribution in [0.15, 0.2) is 45.6 Å². The molecule has 1 aliphatic rings. The molecule has 1 amide bonds. The molecule has 1 aromatic heterocycles. The van der Waals surface area contributed by atoms with Crippen LogP contribution in [0.2, 0.25) is 0 Å². The molecular formula is C25H27NO5. The van der Waals surface area contributed by atoms with Crippen molar-refractivity contribution in [3.05, 3.63) is 74.6 Å². The average molecular weight is 421 g/mol. The summed E-state index contributed by atoms with van der Waals surface area (Å²) in [5.41, 5.74) is 3.53. The second-order valence-corrected chi connectivity index (χ2v) is 7.86. The summed E-state index contributed by atoms with van der Waals surface area (Å²) < 4.78 is 16.9. The Morgan fingerprint density at radius 2 is 1.87 bits per heavy atom. The largest absolute Gasteiger partial charge is 0.494 e. The van der Waals surface area contributed by atoms with Gasteiger partial charge in [-0.2, -0.15) is 0 Å². The number of rotatable bonds is 7. The molecule has 0 saturated heterocycles. The maximum absolute atomic E-state index is 13.6. The summed E-state index contributed by atoms with van der Waals surface area (Å²) in [5, 5.41) is 0.499. The number of carbonyl (C=O) groups is 1. The second-order valence-electron chi connectivity index (χ2n) is 7.86. The topological polar surface area (TPSA) is 69.0 Å². The zero-order valence-electron chi connectivity index (χ0n) is 18.4. The Hall–Kier alpha value is -3.12. The summed E-state index contributed by atoms with van der Waals surface area (Å²) in [6.07, 6.45) is 0.657. The van der Waals surface area contributed by atoms with Gasteiger partial charge in [0.05, 0.1) is 23.6 Å². The lowest BCUT2D eigenvalue weighted by Gasteiger charge is -2.25. The number of nitrogens with zero attached hydrogens (tertiary/aromatic N) is 1. The molecule has 0 saturated carbocycles. The van der Waals surface area contributed by atoms with Crippen molar-refractivity contribution < 1.29 is 18.7 Å². The highest BCUT2D eigenvalue weighted by Crippen LogP contribution is 2.39. The summed E-state index contributed by atoms with van der Waals surface area (Å²) in [4.78, 5) is 28.7. The van der Waals surface area contributed by atoms with E-state index in [1.54, 1.807) is 12.0 Å². The highest BCUT2D eigenvalue weighted by Gasteiger charge is 2.42. The monoisotopic (exact) mass is 421 g/mol. The summed E-state index contributed by atoms with van der Waals surface area (Å²) in [7, 11) is 1.63. The minimum Gasteiger partial charge on any atom is -0.494 e. The van der Waals surface area contributed by atoms with Crippen LogP contribution in [0.25, 0.3) is 11.0 Å². The molecule has 4 rings (SSSR count). The van der Waals surface area contributed by atoms with E-state index in [1.165, 1.54) is 0 Å². The first-order valence-corrected chi connectivity index (χ1v) is 10.6. The van der Waals surface area contributed by atoms with E-state index in [9.17, 15) is 9.59 Å². The lowest BCUT2D eigenvalue weighted by molar-refractivity contribution is 0.0707.